The number of hydrogen-bond donors (Lipinski definition) is 0. The van der Waals surface area contributed by atoms with Crippen LogP contribution < -0.4 is 4.90 Å². The maximum atomic E-state index is 6.56. The first kappa shape index (κ1) is 40.1. The first-order valence-corrected chi connectivity index (χ1v) is 23.6. The Bertz CT molecular complexity index is 3960. The predicted molar refractivity (Wildman–Crippen MR) is 290 cm³/mol. The number of fused-ring (bicyclic) bond motifs is 6. The molecule has 0 fully saturated rings. The summed E-state index contributed by atoms with van der Waals surface area (Å²) < 4.78 is 8.97. The van der Waals surface area contributed by atoms with Crippen LogP contribution in [0.1, 0.15) is 0 Å². The average molecular weight is 881 g/mol. The Labute approximate surface area is 401 Å². The Balaban J connectivity index is 0.898. The molecule has 3 nitrogen and oxygen atoms in total. The van der Waals surface area contributed by atoms with Crippen LogP contribution in [-0.2, 0) is 0 Å². The maximum Gasteiger partial charge on any atom is 0.143 e. The van der Waals surface area contributed by atoms with Crippen LogP contribution in [0.2, 0.25) is 0 Å². The minimum atomic E-state index is 0.892. The third-order valence-electron chi connectivity index (χ3n) is 13.6. The maximum absolute atomic E-state index is 6.56. The van der Waals surface area contributed by atoms with Crippen molar-refractivity contribution in [2.75, 3.05) is 4.90 Å². The van der Waals surface area contributed by atoms with E-state index < -0.39 is 0 Å². The lowest BCUT2D eigenvalue weighted by molar-refractivity contribution is 0.670. The summed E-state index contributed by atoms with van der Waals surface area (Å²) >= 11 is 0. The first-order chi connectivity index (χ1) is 34.2. The quantitative estimate of drug-likeness (QED) is 0.144. The van der Waals surface area contributed by atoms with Crippen LogP contribution >= 0.6 is 0 Å². The van der Waals surface area contributed by atoms with Gasteiger partial charge in [0.15, 0.2) is 0 Å². The molecular formula is C66H44N2O. The molecule has 324 valence electrons. The highest BCUT2D eigenvalue weighted by atomic mass is 16.3. The number of nitrogens with zero attached hydrogens (tertiary/aromatic N) is 2. The van der Waals surface area contributed by atoms with Crippen molar-refractivity contribution in [2.24, 2.45) is 0 Å². The highest BCUT2D eigenvalue weighted by Crippen LogP contribution is 2.45. The number of hydrogen-bond acceptors (Lipinski definition) is 2. The van der Waals surface area contributed by atoms with Gasteiger partial charge >= 0.3 is 0 Å². The van der Waals surface area contributed by atoms with Crippen LogP contribution in [-0.4, -0.2) is 4.57 Å². The van der Waals surface area contributed by atoms with Gasteiger partial charge in [-0.2, -0.15) is 0 Å². The molecule has 13 aromatic rings. The van der Waals surface area contributed by atoms with Crippen molar-refractivity contribution in [3.8, 4) is 61.3 Å². The van der Waals surface area contributed by atoms with Crippen LogP contribution in [0.25, 0.3) is 105 Å². The summed E-state index contributed by atoms with van der Waals surface area (Å²) in [6.07, 6.45) is 0. The summed E-state index contributed by atoms with van der Waals surface area (Å²) in [5, 5.41) is 4.76. The number of anilines is 3. The lowest BCUT2D eigenvalue weighted by Crippen LogP contribution is -2.11. The second-order valence-corrected chi connectivity index (χ2v) is 17.6. The molecular weight excluding hydrogens is 837 g/mol. The van der Waals surface area contributed by atoms with Gasteiger partial charge in [-0.25, -0.2) is 0 Å². The monoisotopic (exact) mass is 880 g/mol. The molecule has 0 radical (unpaired) electrons. The number of rotatable bonds is 9. The zero-order valence-corrected chi connectivity index (χ0v) is 37.7. The van der Waals surface area contributed by atoms with Gasteiger partial charge in [-0.15, -0.1) is 0 Å². The number of benzene rings is 11. The molecule has 2 aromatic heterocycles. The van der Waals surface area contributed by atoms with Crippen molar-refractivity contribution in [2.45, 2.75) is 0 Å². The van der Waals surface area contributed by atoms with E-state index in [9.17, 15) is 0 Å². The van der Waals surface area contributed by atoms with E-state index in [1.165, 1.54) is 44.1 Å². The standard InChI is InChI=1S/C66H44N2O/c1-2-17-45(18-3-1)49-19-14-20-50(43-49)55-24-5-9-30-61(55)67(53-22-15-21-51(44-53)56-28-16-29-60-59-27-8-13-34-65(59)69-66(56)60)52-41-39-47(40-42-52)46-35-37-48(38-36-46)54-23-4-10-31-62(54)68-63-32-11-6-25-57(63)58-26-7-12-33-64(58)68/h1-44H. The van der Waals surface area contributed by atoms with Crippen LogP contribution in [0.4, 0.5) is 17.1 Å². The van der Waals surface area contributed by atoms with Gasteiger partial charge in [0.05, 0.1) is 22.4 Å². The van der Waals surface area contributed by atoms with E-state index in [-0.39, 0.29) is 0 Å². The molecule has 3 heteroatoms. The zero-order valence-electron chi connectivity index (χ0n) is 37.7. The lowest BCUT2D eigenvalue weighted by Gasteiger charge is -2.28. The molecule has 0 saturated carbocycles. The van der Waals surface area contributed by atoms with E-state index >= 15 is 0 Å². The van der Waals surface area contributed by atoms with Gasteiger partial charge in [-0.1, -0.05) is 206 Å². The second-order valence-electron chi connectivity index (χ2n) is 17.6. The minimum absolute atomic E-state index is 0.892. The fourth-order valence-electron chi connectivity index (χ4n) is 10.4. The third kappa shape index (κ3) is 7.08. The Hall–Kier alpha value is -9.18. The topological polar surface area (TPSA) is 21.3 Å². The van der Waals surface area contributed by atoms with Crippen LogP contribution in [0.5, 0.6) is 0 Å². The normalized spacial score (nSPS) is 11.5. The van der Waals surface area contributed by atoms with Gasteiger partial charge in [0, 0.05) is 49.6 Å². The first-order valence-electron chi connectivity index (χ1n) is 23.6. The summed E-state index contributed by atoms with van der Waals surface area (Å²) in [6.45, 7) is 0. The summed E-state index contributed by atoms with van der Waals surface area (Å²) in [5.41, 5.74) is 20.0. The van der Waals surface area contributed by atoms with E-state index in [2.05, 4.69) is 264 Å². The van der Waals surface area contributed by atoms with Crippen LogP contribution in [0, 0.1) is 0 Å². The van der Waals surface area contributed by atoms with Crippen molar-refractivity contribution >= 4 is 60.8 Å². The lowest BCUT2D eigenvalue weighted by atomic mass is 9.96. The summed E-state index contributed by atoms with van der Waals surface area (Å²) in [5.74, 6) is 0. The molecule has 0 unspecified atom stereocenters. The molecule has 0 aliphatic carbocycles. The molecule has 0 bridgehead atoms. The van der Waals surface area contributed by atoms with E-state index in [1.807, 2.05) is 12.1 Å². The number of aromatic nitrogens is 1. The molecule has 0 saturated heterocycles. The molecule has 69 heavy (non-hydrogen) atoms. The van der Waals surface area contributed by atoms with Crippen LogP contribution in [0.3, 0.4) is 0 Å². The minimum Gasteiger partial charge on any atom is -0.455 e. The fourth-order valence-corrected chi connectivity index (χ4v) is 10.4. The van der Waals surface area contributed by atoms with Gasteiger partial charge in [0.2, 0.25) is 0 Å². The molecule has 0 aliphatic rings. The Morgan fingerprint density at radius 1 is 0.290 bits per heavy atom. The average Bonchev–Trinajstić information content (AvgIpc) is 3.98. The van der Waals surface area contributed by atoms with Crippen LogP contribution in [0.15, 0.2) is 271 Å². The zero-order chi connectivity index (χ0) is 45.7. The van der Waals surface area contributed by atoms with E-state index in [1.54, 1.807) is 0 Å². The third-order valence-corrected chi connectivity index (χ3v) is 13.6. The van der Waals surface area contributed by atoms with E-state index in [0.717, 1.165) is 78.1 Å². The molecule has 0 amide bonds. The van der Waals surface area contributed by atoms with Crippen molar-refractivity contribution in [3.63, 3.8) is 0 Å². The van der Waals surface area contributed by atoms with Gasteiger partial charge < -0.3 is 13.9 Å². The molecule has 2 heterocycles. The summed E-state index contributed by atoms with van der Waals surface area (Å²) in [4.78, 5) is 2.39. The number of furan rings is 1. The van der Waals surface area contributed by atoms with Crippen molar-refractivity contribution in [1.29, 1.82) is 0 Å². The largest absolute Gasteiger partial charge is 0.455 e. The van der Waals surface area contributed by atoms with Gasteiger partial charge in [-0.05, 0) is 99.6 Å². The van der Waals surface area contributed by atoms with Gasteiger partial charge in [0.25, 0.3) is 0 Å². The number of para-hydroxylation sites is 6. The summed E-state index contributed by atoms with van der Waals surface area (Å²) in [7, 11) is 0. The van der Waals surface area contributed by atoms with Gasteiger partial charge in [0.1, 0.15) is 11.2 Å². The van der Waals surface area contributed by atoms with Crippen molar-refractivity contribution in [3.05, 3.63) is 267 Å². The smallest absolute Gasteiger partial charge is 0.143 e. The van der Waals surface area contributed by atoms with E-state index in [0.29, 0.717) is 0 Å². The highest BCUT2D eigenvalue weighted by Gasteiger charge is 2.20. The SMILES string of the molecule is c1ccc(-c2cccc(-c3ccccc3N(c3ccc(-c4ccc(-c5ccccc5-n5c6ccccc6c6ccccc65)cc4)cc3)c3cccc(-c4cccc5c4oc4ccccc45)c3)c2)cc1. The predicted octanol–water partition coefficient (Wildman–Crippen LogP) is 18.5. The Morgan fingerprint density at radius 2 is 0.797 bits per heavy atom. The molecule has 0 atom stereocenters. The highest BCUT2D eigenvalue weighted by molar-refractivity contribution is 6.11. The Kier molecular flexibility index (Phi) is 9.84. The Morgan fingerprint density at radius 3 is 1.57 bits per heavy atom. The fraction of sp³-hybridized carbons (Fsp3) is 0. The summed E-state index contributed by atoms with van der Waals surface area (Å²) in [6, 6.07) is 96.0. The van der Waals surface area contributed by atoms with E-state index in [4.69, 9.17) is 4.42 Å². The molecule has 13 rings (SSSR count). The second kappa shape index (κ2) is 16.9. The van der Waals surface area contributed by atoms with Gasteiger partial charge in [-0.3, -0.25) is 0 Å². The van der Waals surface area contributed by atoms with Crippen molar-refractivity contribution < 1.29 is 4.42 Å². The molecule has 0 aliphatic heterocycles. The van der Waals surface area contributed by atoms with Crippen molar-refractivity contribution in [1.82, 2.24) is 4.57 Å². The molecule has 0 spiro atoms. The molecule has 11 aromatic carbocycles. The molecule has 0 N–H and O–H groups in total.